The molecule has 20 heavy (non-hydrogen) atoms. The first-order valence-corrected chi connectivity index (χ1v) is 6.26. The number of hydrogen-bond acceptors (Lipinski definition) is 3. The lowest BCUT2D eigenvalue weighted by atomic mass is 10.1. The lowest BCUT2D eigenvalue weighted by Crippen LogP contribution is -2.43. The van der Waals surface area contributed by atoms with Gasteiger partial charge in [0, 0.05) is 6.42 Å². The van der Waals surface area contributed by atoms with Crippen LogP contribution in [0.4, 0.5) is 0 Å². The summed E-state index contributed by atoms with van der Waals surface area (Å²) < 4.78 is 4.74. The second-order valence-corrected chi connectivity index (χ2v) is 4.32. The maximum absolute atomic E-state index is 12.0. The van der Waals surface area contributed by atoms with Gasteiger partial charge in [0.05, 0.1) is 12.7 Å². The molecule has 0 aliphatic heterocycles. The van der Waals surface area contributed by atoms with E-state index in [0.717, 1.165) is 5.56 Å². The van der Waals surface area contributed by atoms with Crippen molar-refractivity contribution in [3.05, 3.63) is 65.4 Å². The Kier molecular flexibility index (Phi) is 4.53. The topological polar surface area (TPSA) is 55.4 Å². The molecule has 1 N–H and O–H groups in total. The largest absolute Gasteiger partial charge is 0.467 e. The van der Waals surface area contributed by atoms with E-state index in [0.29, 0.717) is 12.0 Å². The van der Waals surface area contributed by atoms with Crippen molar-refractivity contribution in [3.63, 3.8) is 0 Å². The molecular weight excluding hydrogens is 254 g/mol. The lowest BCUT2D eigenvalue weighted by molar-refractivity contribution is -0.144. The molecule has 0 saturated heterocycles. The Bertz CT molecular complexity index is 595. The summed E-state index contributed by atoms with van der Waals surface area (Å²) >= 11 is 0. The minimum atomic E-state index is -0.710. The fourth-order valence-corrected chi connectivity index (χ4v) is 1.89. The van der Waals surface area contributed by atoms with Gasteiger partial charge < -0.3 is 10.1 Å². The smallest absolute Gasteiger partial charge is 0.328 e. The van der Waals surface area contributed by atoms with E-state index in [2.05, 4.69) is 11.0 Å². The van der Waals surface area contributed by atoms with Crippen LogP contribution in [-0.4, -0.2) is 25.0 Å². The third-order valence-electron chi connectivity index (χ3n) is 2.92. The molecule has 1 aliphatic rings. The molecule has 0 fully saturated rings. The maximum Gasteiger partial charge on any atom is 0.328 e. The highest BCUT2D eigenvalue weighted by atomic mass is 16.5. The molecule has 0 spiro atoms. The van der Waals surface area contributed by atoms with Crippen molar-refractivity contribution < 1.29 is 14.3 Å². The van der Waals surface area contributed by atoms with Crippen LogP contribution in [0.5, 0.6) is 0 Å². The van der Waals surface area contributed by atoms with Crippen molar-refractivity contribution in [1.29, 1.82) is 0 Å². The molecule has 0 aromatic heterocycles. The van der Waals surface area contributed by atoms with E-state index < -0.39 is 12.0 Å². The Morgan fingerprint density at radius 2 is 2.05 bits per heavy atom. The standard InChI is InChI=1S/C16H15NO3/c1-20-16(19)14(11-12-7-3-2-4-8-12)17-15(18)13-9-5-6-10-13/h2-9,14H,11H2,1H3,(H,17,18)/t14-/m1/s1. The number of carbonyl (C=O) groups excluding carboxylic acids is 2. The van der Waals surface area contributed by atoms with Crippen LogP contribution in [0.3, 0.4) is 0 Å². The van der Waals surface area contributed by atoms with Crippen molar-refractivity contribution in [2.75, 3.05) is 7.11 Å². The predicted molar refractivity (Wildman–Crippen MR) is 74.8 cm³/mol. The molecule has 1 aromatic rings. The first-order chi connectivity index (χ1) is 9.70. The number of esters is 1. The number of carbonyl (C=O) groups is 2. The van der Waals surface area contributed by atoms with Gasteiger partial charge in [0.1, 0.15) is 6.04 Å². The van der Waals surface area contributed by atoms with Crippen LogP contribution in [0.25, 0.3) is 0 Å². The summed E-state index contributed by atoms with van der Waals surface area (Å²) in [6.07, 6.45) is 5.41. The van der Waals surface area contributed by atoms with Gasteiger partial charge in [0.2, 0.25) is 0 Å². The van der Waals surface area contributed by atoms with E-state index in [-0.39, 0.29) is 5.91 Å². The second kappa shape index (κ2) is 6.55. The van der Waals surface area contributed by atoms with Crippen LogP contribution in [0.1, 0.15) is 5.56 Å². The molecule has 102 valence electrons. The van der Waals surface area contributed by atoms with E-state index in [1.54, 1.807) is 18.2 Å². The maximum atomic E-state index is 12.0. The molecule has 0 heterocycles. The van der Waals surface area contributed by atoms with Crippen molar-refractivity contribution in [2.45, 2.75) is 12.5 Å². The molecule has 0 bridgehead atoms. The van der Waals surface area contributed by atoms with Crippen LogP contribution in [-0.2, 0) is 20.7 Å². The van der Waals surface area contributed by atoms with E-state index in [1.807, 2.05) is 30.3 Å². The van der Waals surface area contributed by atoms with Gasteiger partial charge in [-0.2, -0.15) is 0 Å². The van der Waals surface area contributed by atoms with Crippen LogP contribution in [0.2, 0.25) is 0 Å². The highest BCUT2D eigenvalue weighted by molar-refractivity contribution is 5.98. The van der Waals surface area contributed by atoms with Gasteiger partial charge in [-0.3, -0.25) is 4.79 Å². The number of ether oxygens (including phenoxy) is 1. The van der Waals surface area contributed by atoms with Crippen LogP contribution < -0.4 is 5.32 Å². The molecule has 4 nitrogen and oxygen atoms in total. The Labute approximate surface area is 117 Å². The van der Waals surface area contributed by atoms with E-state index in [4.69, 9.17) is 4.74 Å². The molecule has 1 atom stereocenters. The molecular formula is C16H15NO3. The number of methoxy groups -OCH3 is 1. The van der Waals surface area contributed by atoms with Crippen molar-refractivity contribution in [3.8, 4) is 0 Å². The Balaban J connectivity index is 2.08. The summed E-state index contributed by atoms with van der Waals surface area (Å²) in [6, 6.07) is 8.76. The minimum Gasteiger partial charge on any atom is -0.467 e. The number of rotatable bonds is 5. The average Bonchev–Trinajstić information content (AvgIpc) is 3.01. The highest BCUT2D eigenvalue weighted by Gasteiger charge is 2.23. The third-order valence-corrected chi connectivity index (χ3v) is 2.92. The summed E-state index contributed by atoms with van der Waals surface area (Å²) in [4.78, 5) is 23.8. The molecule has 1 aromatic carbocycles. The van der Waals surface area contributed by atoms with Crippen LogP contribution >= 0.6 is 0 Å². The van der Waals surface area contributed by atoms with E-state index in [1.165, 1.54) is 7.11 Å². The highest BCUT2D eigenvalue weighted by Crippen LogP contribution is 2.07. The van der Waals surface area contributed by atoms with Gasteiger partial charge in [-0.15, -0.1) is 5.73 Å². The van der Waals surface area contributed by atoms with Crippen LogP contribution in [0, 0.1) is 0 Å². The number of hydrogen-bond donors (Lipinski definition) is 1. The molecule has 1 aliphatic carbocycles. The number of allylic oxidation sites excluding steroid dienone is 1. The minimum absolute atomic E-state index is 0.332. The fraction of sp³-hybridized carbons (Fsp3) is 0.188. The molecule has 1 amide bonds. The van der Waals surface area contributed by atoms with E-state index in [9.17, 15) is 9.59 Å². The average molecular weight is 269 g/mol. The molecule has 2 rings (SSSR count). The van der Waals surface area contributed by atoms with Gasteiger partial charge in [-0.05, 0) is 17.7 Å². The quantitative estimate of drug-likeness (QED) is 0.651. The second-order valence-electron chi connectivity index (χ2n) is 4.32. The SMILES string of the molecule is COC(=O)[C@@H](Cc1ccccc1)NC(=O)C1=C=CC=C1. The summed E-state index contributed by atoms with van der Waals surface area (Å²) in [5, 5.41) is 2.67. The van der Waals surface area contributed by atoms with Gasteiger partial charge in [0.15, 0.2) is 0 Å². The Morgan fingerprint density at radius 3 is 2.65 bits per heavy atom. The molecule has 0 radical (unpaired) electrons. The third kappa shape index (κ3) is 3.46. The van der Waals surface area contributed by atoms with E-state index >= 15 is 0 Å². The summed E-state index contributed by atoms with van der Waals surface area (Å²) in [7, 11) is 1.31. The molecule has 0 saturated carbocycles. The molecule has 0 unspecified atom stereocenters. The zero-order valence-corrected chi connectivity index (χ0v) is 11.1. The first-order valence-electron chi connectivity index (χ1n) is 6.26. The zero-order valence-electron chi connectivity index (χ0n) is 11.1. The van der Waals surface area contributed by atoms with Crippen LogP contribution in [0.15, 0.2) is 59.9 Å². The number of benzene rings is 1. The predicted octanol–water partition coefficient (Wildman–Crippen LogP) is 1.54. The Hall–Kier alpha value is -2.58. The van der Waals surface area contributed by atoms with Crippen molar-refractivity contribution >= 4 is 11.9 Å². The van der Waals surface area contributed by atoms with Gasteiger partial charge in [0.25, 0.3) is 5.91 Å². The number of nitrogens with one attached hydrogen (secondary N) is 1. The van der Waals surface area contributed by atoms with Gasteiger partial charge in [-0.1, -0.05) is 36.4 Å². The Morgan fingerprint density at radius 1 is 1.30 bits per heavy atom. The monoisotopic (exact) mass is 269 g/mol. The summed E-state index contributed by atoms with van der Waals surface area (Å²) in [5.74, 6) is -0.796. The zero-order chi connectivity index (χ0) is 14.4. The summed E-state index contributed by atoms with van der Waals surface area (Å²) in [6.45, 7) is 0. The van der Waals surface area contributed by atoms with Crippen molar-refractivity contribution in [1.82, 2.24) is 5.32 Å². The first kappa shape index (κ1) is 13.8. The summed E-state index contributed by atoms with van der Waals surface area (Å²) in [5.41, 5.74) is 4.16. The van der Waals surface area contributed by atoms with Gasteiger partial charge >= 0.3 is 5.97 Å². The fourth-order valence-electron chi connectivity index (χ4n) is 1.89. The van der Waals surface area contributed by atoms with Crippen molar-refractivity contribution in [2.24, 2.45) is 0 Å². The van der Waals surface area contributed by atoms with Gasteiger partial charge in [-0.25, -0.2) is 4.79 Å². The number of amides is 1. The lowest BCUT2D eigenvalue weighted by Gasteiger charge is -2.16. The normalized spacial score (nSPS) is 13.8. The molecule has 4 heteroatoms.